The quantitative estimate of drug-likeness (QED) is 0.679. The smallest absolute Gasteiger partial charge is 0.132 e. The van der Waals surface area contributed by atoms with Crippen molar-refractivity contribution in [2.24, 2.45) is 7.05 Å². The molecule has 0 bridgehead atoms. The Morgan fingerprint density at radius 2 is 1.71 bits per heavy atom. The third kappa shape index (κ3) is 4.26. The van der Waals surface area contributed by atoms with Gasteiger partial charge in [-0.1, -0.05) is 6.07 Å². The van der Waals surface area contributed by atoms with E-state index in [2.05, 4.69) is 19.9 Å². The molecule has 0 unspecified atom stereocenters. The van der Waals surface area contributed by atoms with Crippen molar-refractivity contribution in [1.29, 1.82) is 0 Å². The summed E-state index contributed by atoms with van der Waals surface area (Å²) in [5, 5.41) is 4.38. The first kappa shape index (κ1) is 18.7. The SMILES string of the molecule is Cn1cc(CN2CCN(Cc3ccccn3)CC2)c(-c2cc(F)ccc2F)n1. The summed E-state index contributed by atoms with van der Waals surface area (Å²) in [7, 11) is 1.80. The number of halogens is 2. The second-order valence-electron chi connectivity index (χ2n) is 7.17. The maximum atomic E-state index is 14.2. The second kappa shape index (κ2) is 8.16. The predicted octanol–water partition coefficient (Wildman–Crippen LogP) is 3.08. The highest BCUT2D eigenvalue weighted by molar-refractivity contribution is 5.63. The zero-order chi connectivity index (χ0) is 19.5. The summed E-state index contributed by atoms with van der Waals surface area (Å²) >= 11 is 0. The number of benzene rings is 1. The predicted molar refractivity (Wildman–Crippen MR) is 103 cm³/mol. The number of aryl methyl sites for hydroxylation is 1. The lowest BCUT2D eigenvalue weighted by molar-refractivity contribution is 0.121. The zero-order valence-electron chi connectivity index (χ0n) is 15.9. The van der Waals surface area contributed by atoms with E-state index in [0.29, 0.717) is 12.2 Å². The number of aromatic nitrogens is 3. The monoisotopic (exact) mass is 383 g/mol. The van der Waals surface area contributed by atoms with Crippen LogP contribution in [0, 0.1) is 11.6 Å². The van der Waals surface area contributed by atoms with Gasteiger partial charge in [-0.05, 0) is 30.3 Å². The third-order valence-electron chi connectivity index (χ3n) is 5.06. The lowest BCUT2D eigenvalue weighted by Crippen LogP contribution is -2.45. The van der Waals surface area contributed by atoms with Crippen LogP contribution in [-0.2, 0) is 20.1 Å². The fourth-order valence-corrected chi connectivity index (χ4v) is 3.63. The number of rotatable bonds is 5. The molecule has 7 heteroatoms. The third-order valence-corrected chi connectivity index (χ3v) is 5.06. The van der Waals surface area contributed by atoms with Crippen LogP contribution in [0.3, 0.4) is 0 Å². The molecule has 0 radical (unpaired) electrons. The first-order valence-electron chi connectivity index (χ1n) is 9.41. The molecule has 1 aliphatic rings. The minimum atomic E-state index is -0.462. The molecule has 0 saturated carbocycles. The van der Waals surface area contributed by atoms with Crippen molar-refractivity contribution in [3.05, 3.63) is 71.7 Å². The summed E-state index contributed by atoms with van der Waals surface area (Å²) in [5.41, 5.74) is 2.71. The first-order chi connectivity index (χ1) is 13.6. The van der Waals surface area contributed by atoms with Gasteiger partial charge in [0.25, 0.3) is 0 Å². The highest BCUT2D eigenvalue weighted by Crippen LogP contribution is 2.27. The normalized spacial score (nSPS) is 15.8. The Morgan fingerprint density at radius 3 is 2.43 bits per heavy atom. The Morgan fingerprint density at radius 1 is 0.964 bits per heavy atom. The summed E-state index contributed by atoms with van der Waals surface area (Å²) in [5.74, 6) is -0.919. The average Bonchev–Trinajstić information content (AvgIpc) is 3.06. The number of piperazine rings is 1. The fraction of sp³-hybridized carbons (Fsp3) is 0.333. The number of nitrogens with zero attached hydrogens (tertiary/aromatic N) is 5. The Labute approximate surface area is 163 Å². The summed E-state index contributed by atoms with van der Waals surface area (Å²) in [6.45, 7) is 5.22. The molecule has 5 nitrogen and oxygen atoms in total. The van der Waals surface area contributed by atoms with Crippen LogP contribution in [-0.4, -0.2) is 50.7 Å². The van der Waals surface area contributed by atoms with E-state index in [4.69, 9.17) is 0 Å². The van der Waals surface area contributed by atoms with Crippen LogP contribution in [0.5, 0.6) is 0 Å². The largest absolute Gasteiger partial charge is 0.296 e. The molecule has 1 aromatic carbocycles. The van der Waals surface area contributed by atoms with Crippen LogP contribution in [0.1, 0.15) is 11.3 Å². The molecule has 28 heavy (non-hydrogen) atoms. The molecule has 146 valence electrons. The minimum absolute atomic E-state index is 0.212. The molecule has 1 saturated heterocycles. The average molecular weight is 383 g/mol. The molecular weight excluding hydrogens is 360 g/mol. The van der Waals surface area contributed by atoms with Gasteiger partial charge in [0.1, 0.15) is 11.6 Å². The molecule has 2 aromatic heterocycles. The highest BCUT2D eigenvalue weighted by Gasteiger charge is 2.21. The Hall–Kier alpha value is -2.64. The molecule has 0 atom stereocenters. The molecule has 0 aliphatic carbocycles. The molecule has 3 heterocycles. The van der Waals surface area contributed by atoms with Crippen LogP contribution in [0.25, 0.3) is 11.3 Å². The Balaban J connectivity index is 1.43. The standard InChI is InChI=1S/C21H23F2N5/c1-26-13-16(21(25-26)19-12-17(22)5-6-20(19)23)14-27-8-10-28(11-9-27)15-18-4-2-3-7-24-18/h2-7,12-13H,8-11,14-15H2,1H3. The summed E-state index contributed by atoms with van der Waals surface area (Å²) in [6.07, 6.45) is 3.71. The van der Waals surface area contributed by atoms with Crippen LogP contribution >= 0.6 is 0 Å². The topological polar surface area (TPSA) is 37.2 Å². The van der Waals surface area contributed by atoms with Crippen molar-refractivity contribution in [3.63, 3.8) is 0 Å². The van der Waals surface area contributed by atoms with E-state index in [-0.39, 0.29) is 5.56 Å². The molecule has 1 fully saturated rings. The van der Waals surface area contributed by atoms with Gasteiger partial charge >= 0.3 is 0 Å². The molecule has 0 N–H and O–H groups in total. The Bertz CT molecular complexity index is 933. The van der Waals surface area contributed by atoms with Gasteiger partial charge in [0.05, 0.1) is 11.4 Å². The van der Waals surface area contributed by atoms with E-state index in [1.807, 2.05) is 30.6 Å². The summed E-state index contributed by atoms with van der Waals surface area (Å²) < 4.78 is 29.5. The number of hydrogen-bond acceptors (Lipinski definition) is 4. The fourth-order valence-electron chi connectivity index (χ4n) is 3.63. The van der Waals surface area contributed by atoms with E-state index < -0.39 is 11.6 Å². The zero-order valence-corrected chi connectivity index (χ0v) is 15.9. The lowest BCUT2D eigenvalue weighted by Gasteiger charge is -2.34. The van der Waals surface area contributed by atoms with Gasteiger partial charge in [0, 0.05) is 69.8 Å². The molecule has 0 spiro atoms. The highest BCUT2D eigenvalue weighted by atomic mass is 19.1. The van der Waals surface area contributed by atoms with Crippen molar-refractivity contribution in [2.75, 3.05) is 26.2 Å². The molecule has 1 aliphatic heterocycles. The molecule has 3 aromatic rings. The van der Waals surface area contributed by atoms with Crippen LogP contribution in [0.2, 0.25) is 0 Å². The van der Waals surface area contributed by atoms with Crippen molar-refractivity contribution < 1.29 is 8.78 Å². The maximum Gasteiger partial charge on any atom is 0.132 e. The van der Waals surface area contributed by atoms with Crippen molar-refractivity contribution >= 4 is 0 Å². The van der Waals surface area contributed by atoms with E-state index in [1.165, 1.54) is 6.07 Å². The van der Waals surface area contributed by atoms with Gasteiger partial charge in [-0.15, -0.1) is 0 Å². The molecule has 4 rings (SSSR count). The van der Waals surface area contributed by atoms with Gasteiger partial charge in [0.2, 0.25) is 0 Å². The number of hydrogen-bond donors (Lipinski definition) is 0. The first-order valence-corrected chi connectivity index (χ1v) is 9.41. The lowest BCUT2D eigenvalue weighted by atomic mass is 10.1. The molecule has 0 amide bonds. The van der Waals surface area contributed by atoms with Crippen LogP contribution in [0.15, 0.2) is 48.8 Å². The minimum Gasteiger partial charge on any atom is -0.296 e. The van der Waals surface area contributed by atoms with Crippen LogP contribution < -0.4 is 0 Å². The molecular formula is C21H23F2N5. The summed E-state index contributed by atoms with van der Waals surface area (Å²) in [6, 6.07) is 9.47. The van der Waals surface area contributed by atoms with Gasteiger partial charge in [-0.25, -0.2) is 8.78 Å². The Kier molecular flexibility index (Phi) is 5.45. The van der Waals surface area contributed by atoms with Crippen molar-refractivity contribution in [1.82, 2.24) is 24.6 Å². The van der Waals surface area contributed by atoms with Crippen LogP contribution in [0.4, 0.5) is 8.78 Å². The van der Waals surface area contributed by atoms with E-state index in [0.717, 1.165) is 56.1 Å². The number of pyridine rings is 1. The second-order valence-corrected chi connectivity index (χ2v) is 7.17. The van der Waals surface area contributed by atoms with Gasteiger partial charge in [-0.2, -0.15) is 5.10 Å². The van der Waals surface area contributed by atoms with E-state index in [9.17, 15) is 8.78 Å². The van der Waals surface area contributed by atoms with E-state index >= 15 is 0 Å². The summed E-state index contributed by atoms with van der Waals surface area (Å²) in [4.78, 5) is 9.10. The van der Waals surface area contributed by atoms with E-state index in [1.54, 1.807) is 11.7 Å². The van der Waals surface area contributed by atoms with Gasteiger partial charge in [0.15, 0.2) is 0 Å². The van der Waals surface area contributed by atoms with Gasteiger partial charge in [-0.3, -0.25) is 19.5 Å². The van der Waals surface area contributed by atoms with Gasteiger partial charge < -0.3 is 0 Å². The van der Waals surface area contributed by atoms with Crippen molar-refractivity contribution in [3.8, 4) is 11.3 Å². The van der Waals surface area contributed by atoms with Crippen molar-refractivity contribution in [2.45, 2.75) is 13.1 Å². The maximum absolute atomic E-state index is 14.2.